The van der Waals surface area contributed by atoms with Gasteiger partial charge in [0, 0.05) is 53.8 Å². The number of thiophene rings is 1. The van der Waals surface area contributed by atoms with E-state index in [0.717, 1.165) is 40.8 Å². The van der Waals surface area contributed by atoms with Crippen molar-refractivity contribution in [2.24, 2.45) is 0 Å². The van der Waals surface area contributed by atoms with E-state index in [4.69, 9.17) is 4.42 Å². The van der Waals surface area contributed by atoms with Crippen molar-refractivity contribution in [1.29, 1.82) is 0 Å². The highest BCUT2D eigenvalue weighted by molar-refractivity contribution is 7.19. The van der Waals surface area contributed by atoms with Gasteiger partial charge in [-0.1, -0.05) is 129 Å². The zero-order valence-electron chi connectivity index (χ0n) is 34.2. The van der Waals surface area contributed by atoms with Crippen LogP contribution in [0.1, 0.15) is 68.2 Å². The molecule has 59 heavy (non-hydrogen) atoms. The number of allylic oxidation sites excluding steroid dienone is 3. The number of fused-ring (bicyclic) bond motifs is 13. The van der Waals surface area contributed by atoms with Crippen LogP contribution in [0.3, 0.4) is 0 Å². The van der Waals surface area contributed by atoms with Crippen LogP contribution in [0.5, 0.6) is 0 Å². The lowest BCUT2D eigenvalue weighted by Gasteiger charge is -2.30. The monoisotopic (exact) mass is 779 g/mol. The number of anilines is 2. The number of hydrogen-bond acceptors (Lipinski definition) is 3. The first-order valence-corrected chi connectivity index (χ1v) is 21.7. The van der Waals surface area contributed by atoms with Gasteiger partial charge in [-0.05, 0) is 136 Å². The van der Waals surface area contributed by atoms with Crippen molar-refractivity contribution in [3.63, 3.8) is 0 Å². The Morgan fingerprint density at radius 1 is 0.678 bits per heavy atom. The molecule has 0 N–H and O–H groups in total. The number of rotatable bonds is 5. The van der Waals surface area contributed by atoms with Gasteiger partial charge in [0.2, 0.25) is 0 Å². The van der Waals surface area contributed by atoms with E-state index >= 15 is 0 Å². The fraction of sp³-hybridized carbons (Fsp3) is 0.143. The standard InChI is InChI=1S/C56H45NOS/c1-6-17-34(2)39-20-10-11-21-40(39)35(3)41-25-16-26-45-52-54(56(4,5)53(41)45)44-24-13-12-23-43(44)51-47-33-37(28-30-48(47)58-55(51)52)57(36-18-8-7-9-19-36)38-29-31-50-46(32-38)42-22-14-15-27-49(42)59-50/h6-28,30,32-33H,29,31H2,1-5H3/b17-6-,39-34+,40-35+. The Morgan fingerprint density at radius 3 is 2.22 bits per heavy atom. The maximum Gasteiger partial charge on any atom is 0.144 e. The second-order valence-electron chi connectivity index (χ2n) is 16.7. The number of nitrogens with zero attached hydrogens (tertiary/aromatic N) is 1. The van der Waals surface area contributed by atoms with Crippen molar-refractivity contribution in [2.45, 2.75) is 52.9 Å². The highest BCUT2D eigenvalue weighted by atomic mass is 32.1. The van der Waals surface area contributed by atoms with Gasteiger partial charge in [0.05, 0.1) is 0 Å². The molecule has 3 heteroatoms. The highest BCUT2D eigenvalue weighted by Gasteiger charge is 2.41. The molecule has 0 aliphatic heterocycles. The molecule has 286 valence electrons. The molecule has 11 rings (SSSR count). The Balaban J connectivity index is 1.16. The van der Waals surface area contributed by atoms with Gasteiger partial charge in [-0.25, -0.2) is 0 Å². The zero-order valence-corrected chi connectivity index (χ0v) is 35.0. The van der Waals surface area contributed by atoms with Gasteiger partial charge in [-0.2, -0.15) is 0 Å². The molecule has 2 heterocycles. The molecule has 0 saturated heterocycles. The van der Waals surface area contributed by atoms with Crippen LogP contribution in [0.15, 0.2) is 162 Å². The largest absolute Gasteiger partial charge is 0.455 e. The third kappa shape index (κ3) is 5.38. The van der Waals surface area contributed by atoms with Crippen molar-refractivity contribution < 1.29 is 4.42 Å². The predicted molar refractivity (Wildman–Crippen MR) is 253 cm³/mol. The van der Waals surface area contributed by atoms with Gasteiger partial charge >= 0.3 is 0 Å². The lowest BCUT2D eigenvalue weighted by atomic mass is 9.77. The van der Waals surface area contributed by atoms with Crippen LogP contribution in [-0.2, 0) is 11.8 Å². The number of aryl methyl sites for hydroxylation is 1. The van der Waals surface area contributed by atoms with E-state index in [1.807, 2.05) is 11.3 Å². The molecule has 0 bridgehead atoms. The summed E-state index contributed by atoms with van der Waals surface area (Å²) in [5.74, 6) is 0. The average Bonchev–Trinajstić information content (AvgIpc) is 3.91. The summed E-state index contributed by atoms with van der Waals surface area (Å²) in [4.78, 5) is 3.95. The van der Waals surface area contributed by atoms with E-state index in [9.17, 15) is 0 Å². The first-order valence-electron chi connectivity index (χ1n) is 20.8. The van der Waals surface area contributed by atoms with Crippen LogP contribution in [0.2, 0.25) is 0 Å². The highest BCUT2D eigenvalue weighted by Crippen LogP contribution is 2.57. The Kier molecular flexibility index (Phi) is 8.22. The van der Waals surface area contributed by atoms with Crippen molar-refractivity contribution in [3.8, 4) is 11.1 Å². The van der Waals surface area contributed by atoms with Crippen LogP contribution in [0.4, 0.5) is 11.4 Å². The summed E-state index contributed by atoms with van der Waals surface area (Å²) in [5.41, 5.74) is 15.6. The Hall–Kier alpha value is -6.42. The lowest BCUT2D eigenvalue weighted by Crippen LogP contribution is -2.29. The fourth-order valence-electron chi connectivity index (χ4n) is 10.4. The first kappa shape index (κ1) is 35.7. The van der Waals surface area contributed by atoms with Crippen LogP contribution >= 0.6 is 11.3 Å². The molecule has 0 atom stereocenters. The molecule has 7 aromatic carbocycles. The summed E-state index contributed by atoms with van der Waals surface area (Å²) in [6.07, 6.45) is 8.78. The van der Waals surface area contributed by atoms with Gasteiger partial charge in [-0.3, -0.25) is 0 Å². The summed E-state index contributed by atoms with van der Waals surface area (Å²) in [5, 5.41) is 8.74. The van der Waals surface area contributed by atoms with Gasteiger partial charge in [0.1, 0.15) is 11.2 Å². The van der Waals surface area contributed by atoms with E-state index in [1.165, 1.54) is 91.8 Å². The quantitative estimate of drug-likeness (QED) is 0.173. The third-order valence-corrected chi connectivity index (χ3v) is 14.2. The molecule has 0 spiro atoms. The van der Waals surface area contributed by atoms with Gasteiger partial charge in [0.25, 0.3) is 0 Å². The topological polar surface area (TPSA) is 16.4 Å². The molecule has 0 fully saturated rings. The minimum atomic E-state index is -0.278. The summed E-state index contributed by atoms with van der Waals surface area (Å²) in [7, 11) is 0. The smallest absolute Gasteiger partial charge is 0.144 e. The average molecular weight is 780 g/mol. The Morgan fingerprint density at radius 2 is 1.41 bits per heavy atom. The molecule has 2 aromatic heterocycles. The minimum absolute atomic E-state index is 0.278. The third-order valence-electron chi connectivity index (χ3n) is 13.0. The summed E-state index contributed by atoms with van der Waals surface area (Å²) in [6.45, 7) is 11.4. The van der Waals surface area contributed by atoms with E-state index in [1.54, 1.807) is 0 Å². The van der Waals surface area contributed by atoms with Crippen LogP contribution in [-0.4, -0.2) is 0 Å². The molecular formula is C56H45NOS. The molecule has 0 radical (unpaired) electrons. The number of hydrogen-bond donors (Lipinski definition) is 0. The summed E-state index contributed by atoms with van der Waals surface area (Å²) in [6, 6.07) is 51.3. The van der Waals surface area contributed by atoms with Gasteiger partial charge < -0.3 is 9.32 Å². The zero-order chi connectivity index (χ0) is 40.0. The molecule has 9 aromatic rings. The lowest BCUT2D eigenvalue weighted by molar-refractivity contribution is 0.656. The fourth-order valence-corrected chi connectivity index (χ4v) is 11.6. The SMILES string of the molecule is C\C=C/C(C)=c1\cccc\c1=C(\C)c1cccc2c1C(C)(C)c1c-2c2oc3ccc(N(C4=Cc5c(sc6ccccc56)CC4)c4ccccc4)cc3c2c2ccccc12. The van der Waals surface area contributed by atoms with Gasteiger partial charge in [0.15, 0.2) is 0 Å². The minimum Gasteiger partial charge on any atom is -0.455 e. The normalized spacial score (nSPS) is 15.4. The number of furan rings is 1. The van der Waals surface area contributed by atoms with Crippen LogP contribution < -0.4 is 15.3 Å². The summed E-state index contributed by atoms with van der Waals surface area (Å²) >= 11 is 1.94. The molecule has 0 amide bonds. The maximum atomic E-state index is 7.14. The molecule has 0 saturated carbocycles. The Labute approximate surface area is 349 Å². The predicted octanol–water partition coefficient (Wildman–Crippen LogP) is 14.4. The Bertz CT molecular complexity index is 3390. The van der Waals surface area contributed by atoms with Crippen molar-refractivity contribution in [2.75, 3.05) is 4.90 Å². The van der Waals surface area contributed by atoms with E-state index < -0.39 is 0 Å². The van der Waals surface area contributed by atoms with Crippen molar-refractivity contribution in [1.82, 2.24) is 0 Å². The van der Waals surface area contributed by atoms with Crippen LogP contribution in [0.25, 0.3) is 71.1 Å². The number of benzene rings is 7. The van der Waals surface area contributed by atoms with Crippen LogP contribution in [0, 0.1) is 0 Å². The van der Waals surface area contributed by atoms with Crippen molar-refractivity contribution in [3.05, 3.63) is 195 Å². The molecule has 0 unspecified atom stereocenters. The summed E-state index contributed by atoms with van der Waals surface area (Å²) < 4.78 is 8.50. The molecule has 2 nitrogen and oxygen atoms in total. The van der Waals surface area contributed by atoms with E-state index in [2.05, 4.69) is 197 Å². The molecular weight excluding hydrogens is 735 g/mol. The second kappa shape index (κ2) is 13.6. The van der Waals surface area contributed by atoms with Gasteiger partial charge in [-0.15, -0.1) is 11.3 Å². The first-order chi connectivity index (χ1) is 28.8. The molecule has 2 aliphatic rings. The maximum absolute atomic E-state index is 7.14. The second-order valence-corrected chi connectivity index (χ2v) is 17.9. The number of para-hydroxylation sites is 1. The van der Waals surface area contributed by atoms with E-state index in [-0.39, 0.29) is 5.41 Å². The van der Waals surface area contributed by atoms with E-state index in [0.29, 0.717) is 0 Å². The molecule has 2 aliphatic carbocycles. The van der Waals surface area contributed by atoms with Crippen molar-refractivity contribution >= 4 is 82.7 Å².